The van der Waals surface area contributed by atoms with Crippen molar-refractivity contribution in [3.8, 4) is 5.75 Å². The average Bonchev–Trinajstić information content (AvgIpc) is 2.47. The fraction of sp³-hybridized carbons (Fsp3) is 0.562. The van der Waals surface area contributed by atoms with Gasteiger partial charge in [0.05, 0.1) is 13.2 Å². The van der Waals surface area contributed by atoms with Crippen molar-refractivity contribution in [2.75, 3.05) is 13.7 Å². The number of carbonyl (C=O) groups excluding carboxylic acids is 1. The van der Waals surface area contributed by atoms with Crippen LogP contribution < -0.4 is 15.4 Å². The van der Waals surface area contributed by atoms with Gasteiger partial charge < -0.3 is 20.5 Å². The maximum atomic E-state index is 13.7. The SMILES string of the molecule is CCC(C)(CCO)NC(=O)NC(C)c1ccc(OC)c(F)c1. The number of amides is 2. The normalized spacial score (nSPS) is 14.8. The van der Waals surface area contributed by atoms with Gasteiger partial charge in [-0.15, -0.1) is 0 Å². The summed E-state index contributed by atoms with van der Waals surface area (Å²) < 4.78 is 18.6. The van der Waals surface area contributed by atoms with Crippen LogP contribution in [0.5, 0.6) is 5.75 Å². The van der Waals surface area contributed by atoms with Crippen molar-refractivity contribution in [1.29, 1.82) is 0 Å². The molecule has 2 atom stereocenters. The number of urea groups is 1. The molecule has 0 saturated carbocycles. The van der Waals surface area contributed by atoms with Crippen LogP contribution in [-0.4, -0.2) is 30.4 Å². The van der Waals surface area contributed by atoms with Crippen molar-refractivity contribution in [2.45, 2.75) is 45.2 Å². The molecule has 0 radical (unpaired) electrons. The standard InChI is InChI=1S/C16H25FN2O3/c1-5-16(3,8-9-20)19-15(21)18-11(2)12-6-7-14(22-4)13(17)10-12/h6-7,10-11,20H,5,8-9H2,1-4H3,(H2,18,19,21). The van der Waals surface area contributed by atoms with E-state index in [1.54, 1.807) is 13.0 Å². The largest absolute Gasteiger partial charge is 0.494 e. The highest BCUT2D eigenvalue weighted by Crippen LogP contribution is 2.22. The lowest BCUT2D eigenvalue weighted by Gasteiger charge is -2.30. The van der Waals surface area contributed by atoms with Crippen LogP contribution in [0.1, 0.15) is 45.2 Å². The first-order chi connectivity index (χ1) is 10.3. The molecule has 0 aliphatic heterocycles. The van der Waals surface area contributed by atoms with Gasteiger partial charge in [0.25, 0.3) is 0 Å². The van der Waals surface area contributed by atoms with Gasteiger partial charge in [0.2, 0.25) is 0 Å². The summed E-state index contributed by atoms with van der Waals surface area (Å²) in [6.07, 6.45) is 1.18. The van der Waals surface area contributed by atoms with Gasteiger partial charge in [-0.05, 0) is 44.4 Å². The van der Waals surface area contributed by atoms with Gasteiger partial charge in [0.1, 0.15) is 0 Å². The molecular weight excluding hydrogens is 287 g/mol. The first kappa shape index (κ1) is 18.2. The number of halogens is 1. The third-order valence-corrected chi connectivity index (χ3v) is 3.88. The van der Waals surface area contributed by atoms with Crippen molar-refractivity contribution >= 4 is 6.03 Å². The molecule has 0 bridgehead atoms. The quantitative estimate of drug-likeness (QED) is 0.725. The fourth-order valence-electron chi connectivity index (χ4n) is 2.12. The molecule has 0 aromatic heterocycles. The van der Waals surface area contributed by atoms with Crippen LogP contribution in [0.25, 0.3) is 0 Å². The van der Waals surface area contributed by atoms with Crippen molar-refractivity contribution in [3.05, 3.63) is 29.6 Å². The molecule has 0 aliphatic carbocycles. The van der Waals surface area contributed by atoms with Gasteiger partial charge >= 0.3 is 6.03 Å². The van der Waals surface area contributed by atoms with Crippen LogP contribution in [0.15, 0.2) is 18.2 Å². The number of aliphatic hydroxyl groups excluding tert-OH is 1. The number of rotatable bonds is 7. The fourth-order valence-corrected chi connectivity index (χ4v) is 2.12. The molecule has 1 rings (SSSR count). The van der Waals surface area contributed by atoms with Crippen LogP contribution in [0.4, 0.5) is 9.18 Å². The van der Waals surface area contributed by atoms with E-state index in [4.69, 9.17) is 9.84 Å². The Bertz CT molecular complexity index is 510. The first-order valence-electron chi connectivity index (χ1n) is 7.38. The Labute approximate surface area is 130 Å². The third kappa shape index (κ3) is 4.87. The lowest BCUT2D eigenvalue weighted by Crippen LogP contribution is -2.50. The summed E-state index contributed by atoms with van der Waals surface area (Å²) in [7, 11) is 1.40. The van der Waals surface area contributed by atoms with Gasteiger partial charge in [-0.1, -0.05) is 13.0 Å². The molecule has 6 heteroatoms. The monoisotopic (exact) mass is 312 g/mol. The zero-order chi connectivity index (χ0) is 16.8. The molecular formula is C16H25FN2O3. The molecule has 1 aromatic rings. The molecule has 124 valence electrons. The lowest BCUT2D eigenvalue weighted by molar-refractivity contribution is 0.199. The van der Waals surface area contributed by atoms with E-state index in [9.17, 15) is 9.18 Å². The Morgan fingerprint density at radius 2 is 2.18 bits per heavy atom. The number of aliphatic hydroxyl groups is 1. The molecule has 3 N–H and O–H groups in total. The topological polar surface area (TPSA) is 70.6 Å². The number of hydrogen-bond acceptors (Lipinski definition) is 3. The van der Waals surface area contributed by atoms with Crippen LogP contribution in [0.2, 0.25) is 0 Å². The molecule has 0 aliphatic rings. The smallest absolute Gasteiger partial charge is 0.315 e. The van der Waals surface area contributed by atoms with E-state index in [0.717, 1.165) is 0 Å². The van der Waals surface area contributed by atoms with E-state index in [2.05, 4.69) is 10.6 Å². The Kier molecular flexibility index (Phi) is 6.61. The third-order valence-electron chi connectivity index (χ3n) is 3.88. The molecule has 2 unspecified atom stereocenters. The van der Waals surface area contributed by atoms with E-state index in [1.165, 1.54) is 19.2 Å². The van der Waals surface area contributed by atoms with Crippen molar-refractivity contribution in [2.24, 2.45) is 0 Å². The maximum absolute atomic E-state index is 13.7. The summed E-state index contributed by atoms with van der Waals surface area (Å²) in [6, 6.07) is 3.89. The Balaban J connectivity index is 2.69. The van der Waals surface area contributed by atoms with Crippen molar-refractivity contribution < 1.29 is 19.0 Å². The van der Waals surface area contributed by atoms with Crippen LogP contribution in [0, 0.1) is 5.82 Å². The summed E-state index contributed by atoms with van der Waals surface area (Å²) in [5.74, 6) is -0.297. The number of hydrogen-bond donors (Lipinski definition) is 3. The van der Waals surface area contributed by atoms with Crippen molar-refractivity contribution in [3.63, 3.8) is 0 Å². The predicted molar refractivity (Wildman–Crippen MR) is 83.4 cm³/mol. The maximum Gasteiger partial charge on any atom is 0.315 e. The van der Waals surface area contributed by atoms with E-state index in [0.29, 0.717) is 18.4 Å². The van der Waals surface area contributed by atoms with E-state index >= 15 is 0 Å². The number of carbonyl (C=O) groups is 1. The van der Waals surface area contributed by atoms with Gasteiger partial charge in [0.15, 0.2) is 11.6 Å². The second-order valence-corrected chi connectivity index (χ2v) is 5.60. The Morgan fingerprint density at radius 3 is 2.68 bits per heavy atom. The molecule has 22 heavy (non-hydrogen) atoms. The minimum Gasteiger partial charge on any atom is -0.494 e. The zero-order valence-electron chi connectivity index (χ0n) is 13.6. The predicted octanol–water partition coefficient (Wildman–Crippen LogP) is 2.75. The molecule has 0 saturated heterocycles. The minimum absolute atomic E-state index is 0.00383. The van der Waals surface area contributed by atoms with E-state index in [1.807, 2.05) is 13.8 Å². The first-order valence-corrected chi connectivity index (χ1v) is 7.38. The van der Waals surface area contributed by atoms with Crippen LogP contribution in [-0.2, 0) is 0 Å². The van der Waals surface area contributed by atoms with Gasteiger partial charge in [0, 0.05) is 12.1 Å². The molecule has 1 aromatic carbocycles. The molecule has 5 nitrogen and oxygen atoms in total. The highest BCUT2D eigenvalue weighted by Gasteiger charge is 2.24. The van der Waals surface area contributed by atoms with Crippen LogP contribution in [0.3, 0.4) is 0 Å². The molecule has 0 spiro atoms. The molecule has 0 fully saturated rings. The van der Waals surface area contributed by atoms with E-state index in [-0.39, 0.29) is 24.4 Å². The van der Waals surface area contributed by atoms with Crippen molar-refractivity contribution in [1.82, 2.24) is 10.6 Å². The Morgan fingerprint density at radius 1 is 1.50 bits per heavy atom. The summed E-state index contributed by atoms with van der Waals surface area (Å²) >= 11 is 0. The van der Waals surface area contributed by atoms with E-state index < -0.39 is 11.4 Å². The molecule has 2 amide bonds. The molecule has 0 heterocycles. The number of benzene rings is 1. The minimum atomic E-state index is -0.469. The number of nitrogens with one attached hydrogen (secondary N) is 2. The highest BCUT2D eigenvalue weighted by atomic mass is 19.1. The summed E-state index contributed by atoms with van der Waals surface area (Å²) in [5, 5.41) is 14.7. The second kappa shape index (κ2) is 7.98. The Hall–Kier alpha value is -1.82. The second-order valence-electron chi connectivity index (χ2n) is 5.60. The average molecular weight is 312 g/mol. The summed E-state index contributed by atoms with van der Waals surface area (Å²) in [6.45, 7) is 5.60. The van der Waals surface area contributed by atoms with Gasteiger partial charge in [-0.25, -0.2) is 9.18 Å². The number of methoxy groups -OCH3 is 1. The number of ether oxygens (including phenoxy) is 1. The lowest BCUT2D eigenvalue weighted by atomic mass is 9.95. The highest BCUT2D eigenvalue weighted by molar-refractivity contribution is 5.75. The van der Waals surface area contributed by atoms with Gasteiger partial charge in [-0.3, -0.25) is 0 Å². The van der Waals surface area contributed by atoms with Gasteiger partial charge in [-0.2, -0.15) is 0 Å². The summed E-state index contributed by atoms with van der Waals surface area (Å²) in [4.78, 5) is 12.1. The van der Waals surface area contributed by atoms with Crippen LogP contribution >= 0.6 is 0 Å². The zero-order valence-corrected chi connectivity index (χ0v) is 13.6. The summed E-state index contributed by atoms with van der Waals surface area (Å²) in [5.41, 5.74) is 0.179.